The van der Waals surface area contributed by atoms with Gasteiger partial charge in [-0.3, -0.25) is 0 Å². The summed E-state index contributed by atoms with van der Waals surface area (Å²) >= 11 is 0. The Morgan fingerprint density at radius 1 is 1.00 bits per heavy atom. The topological polar surface area (TPSA) is 52.5 Å². The number of nitrogens with zero attached hydrogens (tertiary/aromatic N) is 3. The van der Waals surface area contributed by atoms with Crippen LogP contribution >= 0.6 is 24.0 Å². The predicted octanol–water partition coefficient (Wildman–Crippen LogP) is 3.60. The van der Waals surface area contributed by atoms with Crippen LogP contribution < -0.4 is 10.6 Å². The summed E-state index contributed by atoms with van der Waals surface area (Å²) in [4.78, 5) is 10.9. The maximum absolute atomic E-state index is 4.66. The fraction of sp³-hybridized carbons (Fsp3) is 0.368. The second-order valence-electron chi connectivity index (χ2n) is 5.80. The van der Waals surface area contributed by atoms with Gasteiger partial charge in [-0.2, -0.15) is 0 Å². The van der Waals surface area contributed by atoms with Crippen molar-refractivity contribution >= 4 is 35.8 Å². The number of aromatic nitrogens is 1. The Morgan fingerprint density at radius 2 is 1.72 bits per heavy atom. The van der Waals surface area contributed by atoms with E-state index in [0.29, 0.717) is 6.54 Å². The summed E-state index contributed by atoms with van der Waals surface area (Å²) in [6.07, 6.45) is 3.97. The molecule has 0 bridgehead atoms. The third kappa shape index (κ3) is 8.72. The maximum atomic E-state index is 4.66. The van der Waals surface area contributed by atoms with Gasteiger partial charge in [-0.25, -0.2) is 9.98 Å². The van der Waals surface area contributed by atoms with Gasteiger partial charge in [-0.05, 0) is 30.5 Å². The Labute approximate surface area is 168 Å². The highest BCUT2D eigenvalue weighted by Gasteiger charge is 2.01. The average molecular weight is 453 g/mol. The molecule has 0 aliphatic rings. The fourth-order valence-corrected chi connectivity index (χ4v) is 2.24. The molecule has 0 aliphatic heterocycles. The number of aliphatic imine (C=N–C) groups is 1. The Kier molecular flexibility index (Phi) is 10.6. The van der Waals surface area contributed by atoms with Crippen LogP contribution in [-0.4, -0.2) is 43.0 Å². The summed E-state index contributed by atoms with van der Waals surface area (Å²) in [5, 5.41) is 6.74. The van der Waals surface area contributed by atoms with Crippen LogP contribution in [-0.2, 0) is 6.54 Å². The number of nitrogens with one attached hydrogen (secondary N) is 2. The molecule has 1 aromatic carbocycles. The molecule has 0 spiro atoms. The summed E-state index contributed by atoms with van der Waals surface area (Å²) in [6, 6.07) is 16.2. The van der Waals surface area contributed by atoms with Gasteiger partial charge in [0, 0.05) is 33.4 Å². The Balaban J connectivity index is 0.00000312. The van der Waals surface area contributed by atoms with Crippen molar-refractivity contribution in [1.82, 2.24) is 15.2 Å². The molecule has 0 saturated heterocycles. The van der Waals surface area contributed by atoms with E-state index in [1.807, 2.05) is 55.4 Å². The zero-order valence-electron chi connectivity index (χ0n) is 15.0. The van der Waals surface area contributed by atoms with Crippen molar-refractivity contribution in [3.05, 3.63) is 60.3 Å². The Morgan fingerprint density at radius 3 is 2.40 bits per heavy atom. The molecule has 0 unspecified atom stereocenters. The number of guanidine groups is 1. The van der Waals surface area contributed by atoms with Crippen molar-refractivity contribution in [2.24, 2.45) is 4.99 Å². The second kappa shape index (κ2) is 12.5. The SMILES string of the molecule is CN(C)C(=NCc1ccccc1)NCCCCNc1ccccn1.I. The van der Waals surface area contributed by atoms with Gasteiger partial charge in [0.1, 0.15) is 5.82 Å². The van der Waals surface area contributed by atoms with Gasteiger partial charge in [0.05, 0.1) is 6.54 Å². The van der Waals surface area contributed by atoms with Gasteiger partial charge in [-0.1, -0.05) is 36.4 Å². The first kappa shape index (κ1) is 21.2. The first-order chi connectivity index (χ1) is 11.8. The number of unbranched alkanes of at least 4 members (excludes halogenated alkanes) is 1. The molecular formula is C19H28IN5. The minimum absolute atomic E-state index is 0. The lowest BCUT2D eigenvalue weighted by molar-refractivity contribution is 0.572. The molecule has 0 amide bonds. The lowest BCUT2D eigenvalue weighted by atomic mass is 10.2. The molecule has 1 heterocycles. The zero-order valence-corrected chi connectivity index (χ0v) is 17.3. The minimum atomic E-state index is 0. The van der Waals surface area contributed by atoms with Crippen molar-refractivity contribution < 1.29 is 0 Å². The van der Waals surface area contributed by atoms with Gasteiger partial charge in [0.2, 0.25) is 0 Å². The summed E-state index contributed by atoms with van der Waals surface area (Å²) in [5.74, 6) is 1.86. The lowest BCUT2D eigenvalue weighted by Gasteiger charge is -2.17. The number of hydrogen-bond donors (Lipinski definition) is 2. The molecule has 6 heteroatoms. The highest BCUT2D eigenvalue weighted by Crippen LogP contribution is 2.01. The Hall–Kier alpha value is -1.83. The fourth-order valence-electron chi connectivity index (χ4n) is 2.24. The molecule has 2 N–H and O–H groups in total. The number of rotatable bonds is 8. The quantitative estimate of drug-likeness (QED) is 0.278. The number of benzene rings is 1. The molecule has 0 radical (unpaired) electrons. The molecule has 0 atom stereocenters. The number of pyridine rings is 1. The van der Waals surface area contributed by atoms with Crippen LogP contribution in [0.2, 0.25) is 0 Å². The molecule has 136 valence electrons. The molecule has 0 aliphatic carbocycles. The van der Waals surface area contributed by atoms with E-state index in [2.05, 4.69) is 32.7 Å². The number of hydrogen-bond acceptors (Lipinski definition) is 3. The first-order valence-corrected chi connectivity index (χ1v) is 8.40. The van der Waals surface area contributed by atoms with Crippen molar-refractivity contribution in [3.63, 3.8) is 0 Å². The van der Waals surface area contributed by atoms with Crippen LogP contribution in [0.5, 0.6) is 0 Å². The minimum Gasteiger partial charge on any atom is -0.370 e. The summed E-state index contributed by atoms with van der Waals surface area (Å²) < 4.78 is 0. The van der Waals surface area contributed by atoms with Crippen LogP contribution in [0.25, 0.3) is 0 Å². The van der Waals surface area contributed by atoms with Gasteiger partial charge < -0.3 is 15.5 Å². The monoisotopic (exact) mass is 453 g/mol. The molecule has 0 saturated carbocycles. The van der Waals surface area contributed by atoms with E-state index in [4.69, 9.17) is 0 Å². The third-order valence-corrected chi connectivity index (χ3v) is 3.54. The Bertz CT molecular complexity index is 602. The van der Waals surface area contributed by atoms with E-state index in [0.717, 1.165) is 37.7 Å². The van der Waals surface area contributed by atoms with Gasteiger partial charge in [0.15, 0.2) is 5.96 Å². The van der Waals surface area contributed by atoms with Crippen LogP contribution in [0.4, 0.5) is 5.82 Å². The smallest absolute Gasteiger partial charge is 0.193 e. The molecule has 2 aromatic rings. The average Bonchev–Trinajstić information content (AvgIpc) is 2.62. The van der Waals surface area contributed by atoms with Crippen molar-refractivity contribution in [2.75, 3.05) is 32.5 Å². The molecular weight excluding hydrogens is 425 g/mol. The van der Waals surface area contributed by atoms with E-state index < -0.39 is 0 Å². The third-order valence-electron chi connectivity index (χ3n) is 3.54. The maximum Gasteiger partial charge on any atom is 0.193 e. The van der Waals surface area contributed by atoms with Crippen LogP contribution in [0, 0.1) is 0 Å². The van der Waals surface area contributed by atoms with E-state index in [1.165, 1.54) is 5.56 Å². The predicted molar refractivity (Wildman–Crippen MR) is 117 cm³/mol. The van der Waals surface area contributed by atoms with Gasteiger partial charge in [-0.15, -0.1) is 24.0 Å². The second-order valence-corrected chi connectivity index (χ2v) is 5.80. The van der Waals surface area contributed by atoms with Crippen molar-refractivity contribution in [2.45, 2.75) is 19.4 Å². The molecule has 0 fully saturated rings. The summed E-state index contributed by atoms with van der Waals surface area (Å²) in [6.45, 7) is 2.54. The highest BCUT2D eigenvalue weighted by molar-refractivity contribution is 14.0. The summed E-state index contributed by atoms with van der Waals surface area (Å²) in [7, 11) is 4.03. The van der Waals surface area contributed by atoms with E-state index >= 15 is 0 Å². The van der Waals surface area contributed by atoms with Crippen LogP contribution in [0.1, 0.15) is 18.4 Å². The largest absolute Gasteiger partial charge is 0.370 e. The standard InChI is InChI=1S/C19H27N5.HI/c1-24(2)19(23-16-17-10-4-3-5-11-17)22-15-9-8-14-21-18-12-6-7-13-20-18;/h3-7,10-13H,8-9,14-16H2,1-2H3,(H,20,21)(H,22,23);1H. The van der Waals surface area contributed by atoms with E-state index in [9.17, 15) is 0 Å². The molecule has 2 rings (SSSR count). The van der Waals surface area contributed by atoms with E-state index in [-0.39, 0.29) is 24.0 Å². The molecule has 5 nitrogen and oxygen atoms in total. The van der Waals surface area contributed by atoms with Crippen molar-refractivity contribution in [3.8, 4) is 0 Å². The van der Waals surface area contributed by atoms with Crippen molar-refractivity contribution in [1.29, 1.82) is 0 Å². The van der Waals surface area contributed by atoms with Gasteiger partial charge in [0.25, 0.3) is 0 Å². The normalized spacial score (nSPS) is 10.7. The molecule has 25 heavy (non-hydrogen) atoms. The van der Waals surface area contributed by atoms with Crippen LogP contribution in [0.15, 0.2) is 59.7 Å². The van der Waals surface area contributed by atoms with Crippen LogP contribution in [0.3, 0.4) is 0 Å². The summed E-state index contributed by atoms with van der Waals surface area (Å²) in [5.41, 5.74) is 1.22. The first-order valence-electron chi connectivity index (χ1n) is 8.40. The molecule has 1 aromatic heterocycles. The number of anilines is 1. The van der Waals surface area contributed by atoms with E-state index in [1.54, 1.807) is 6.20 Å². The number of halogens is 1. The highest BCUT2D eigenvalue weighted by atomic mass is 127. The lowest BCUT2D eigenvalue weighted by Crippen LogP contribution is -2.37. The van der Waals surface area contributed by atoms with Gasteiger partial charge >= 0.3 is 0 Å². The zero-order chi connectivity index (χ0) is 17.0.